The van der Waals surface area contributed by atoms with Crippen molar-refractivity contribution in [2.45, 2.75) is 78.6 Å². The first-order valence-electron chi connectivity index (χ1n) is 12.5. The van der Waals surface area contributed by atoms with Gasteiger partial charge in [-0.2, -0.15) is 0 Å². The van der Waals surface area contributed by atoms with Crippen molar-refractivity contribution in [1.82, 2.24) is 0 Å². The second-order valence-electron chi connectivity index (χ2n) is 13.0. The van der Waals surface area contributed by atoms with Crippen LogP contribution in [0.5, 0.6) is 0 Å². The summed E-state index contributed by atoms with van der Waals surface area (Å²) in [7, 11) is 0. The summed E-state index contributed by atoms with van der Waals surface area (Å²) in [4.78, 5) is 0. The van der Waals surface area contributed by atoms with Crippen LogP contribution in [0.2, 0.25) is 0 Å². The molecule has 0 fully saturated rings. The van der Waals surface area contributed by atoms with E-state index in [2.05, 4.69) is 155 Å². The lowest BCUT2D eigenvalue weighted by Gasteiger charge is -2.36. The van der Waals surface area contributed by atoms with E-state index in [0.29, 0.717) is 0 Å². The molecule has 182 valence electrons. The zero-order chi connectivity index (χ0) is 25.9. The van der Waals surface area contributed by atoms with Crippen molar-refractivity contribution >= 4 is 67.1 Å². The van der Waals surface area contributed by atoms with Crippen molar-refractivity contribution in [2.75, 3.05) is 0 Å². The SMILES string of the molecule is CC(C)(C)c1cc(C(C)(C)C)c(B2c3cc(Br)ccc3C=Cc3ccc(Br)cc32)c(C(C)(C)C)c1. The van der Waals surface area contributed by atoms with Gasteiger partial charge >= 0.3 is 0 Å². The molecule has 1 aliphatic rings. The predicted molar refractivity (Wildman–Crippen MR) is 164 cm³/mol. The van der Waals surface area contributed by atoms with Crippen molar-refractivity contribution in [3.05, 3.63) is 85.3 Å². The molecule has 0 radical (unpaired) electrons. The molecule has 1 aliphatic heterocycles. The van der Waals surface area contributed by atoms with Crippen LogP contribution in [0.4, 0.5) is 0 Å². The Morgan fingerprint density at radius 1 is 0.543 bits per heavy atom. The summed E-state index contributed by atoms with van der Waals surface area (Å²) in [6.07, 6.45) is 4.57. The van der Waals surface area contributed by atoms with Gasteiger partial charge in [0.15, 0.2) is 0 Å². The molecule has 1 heterocycles. The first kappa shape index (κ1) is 26.5. The fourth-order valence-electron chi connectivity index (χ4n) is 5.19. The van der Waals surface area contributed by atoms with Gasteiger partial charge in [0.2, 0.25) is 6.71 Å². The molecule has 0 aromatic heterocycles. The summed E-state index contributed by atoms with van der Waals surface area (Å²) in [5.74, 6) is 0. The van der Waals surface area contributed by atoms with Gasteiger partial charge in [-0.25, -0.2) is 0 Å². The molecule has 0 bridgehead atoms. The Hall–Kier alpha value is -1.58. The highest BCUT2D eigenvalue weighted by atomic mass is 79.9. The number of benzene rings is 3. The van der Waals surface area contributed by atoms with Crippen molar-refractivity contribution in [3.8, 4) is 0 Å². The van der Waals surface area contributed by atoms with E-state index in [0.717, 1.165) is 8.95 Å². The normalized spacial score (nSPS) is 14.0. The molecular formula is C32H37BBr2. The van der Waals surface area contributed by atoms with Crippen LogP contribution < -0.4 is 16.4 Å². The lowest BCUT2D eigenvalue weighted by molar-refractivity contribution is 0.553. The van der Waals surface area contributed by atoms with Crippen LogP contribution in [0.3, 0.4) is 0 Å². The molecule has 0 amide bonds. The van der Waals surface area contributed by atoms with E-state index >= 15 is 0 Å². The number of hydrogen-bond acceptors (Lipinski definition) is 0. The van der Waals surface area contributed by atoms with Crippen molar-refractivity contribution in [3.63, 3.8) is 0 Å². The molecule has 0 unspecified atom stereocenters. The van der Waals surface area contributed by atoms with Crippen LogP contribution in [0, 0.1) is 0 Å². The molecule has 3 heteroatoms. The minimum atomic E-state index is -0.00528. The maximum Gasteiger partial charge on any atom is 0.243 e. The fraction of sp³-hybridized carbons (Fsp3) is 0.375. The predicted octanol–water partition coefficient (Wildman–Crippen LogP) is 8.10. The first-order valence-corrected chi connectivity index (χ1v) is 14.1. The van der Waals surface area contributed by atoms with Crippen molar-refractivity contribution < 1.29 is 0 Å². The van der Waals surface area contributed by atoms with Gasteiger partial charge in [0.1, 0.15) is 0 Å². The standard InChI is InChI=1S/C32H37BBr2/c1-30(2,3)22-16-25(31(4,5)6)29(26(17-22)32(7,8)9)33-27-18-23(34)14-12-20(27)10-11-21-13-15-24(35)19-28(21)33/h10-19H,1-9H3. The lowest BCUT2D eigenvalue weighted by atomic mass is 9.33. The number of fused-ring (bicyclic) bond motifs is 2. The molecule has 3 aromatic carbocycles. The summed E-state index contributed by atoms with van der Waals surface area (Å²) in [6, 6.07) is 18.5. The van der Waals surface area contributed by atoms with E-state index in [-0.39, 0.29) is 23.0 Å². The highest BCUT2D eigenvalue weighted by molar-refractivity contribution is 9.10. The van der Waals surface area contributed by atoms with Crippen molar-refractivity contribution in [1.29, 1.82) is 0 Å². The van der Waals surface area contributed by atoms with Gasteiger partial charge in [-0.1, -0.05) is 159 Å². The maximum atomic E-state index is 3.79. The van der Waals surface area contributed by atoms with E-state index in [4.69, 9.17) is 0 Å². The molecular weight excluding hydrogens is 555 g/mol. The van der Waals surface area contributed by atoms with E-state index in [1.807, 2.05) is 0 Å². The molecule has 0 spiro atoms. The second kappa shape index (κ2) is 9.07. The third kappa shape index (κ3) is 5.28. The second-order valence-corrected chi connectivity index (χ2v) is 14.9. The molecule has 4 rings (SSSR count). The molecule has 0 saturated carbocycles. The number of halogens is 2. The average molecular weight is 592 g/mol. The molecule has 35 heavy (non-hydrogen) atoms. The summed E-state index contributed by atoms with van der Waals surface area (Å²) in [6.45, 7) is 21.3. The van der Waals surface area contributed by atoms with E-state index in [9.17, 15) is 0 Å². The van der Waals surface area contributed by atoms with Gasteiger partial charge in [0.05, 0.1) is 0 Å². The van der Waals surface area contributed by atoms with E-state index in [1.165, 1.54) is 44.2 Å². The van der Waals surface area contributed by atoms with Crippen LogP contribution in [0.25, 0.3) is 12.2 Å². The molecule has 3 aromatic rings. The van der Waals surface area contributed by atoms with Gasteiger partial charge in [-0.3, -0.25) is 0 Å². The monoisotopic (exact) mass is 590 g/mol. The van der Waals surface area contributed by atoms with Gasteiger partial charge in [-0.15, -0.1) is 0 Å². The molecule has 0 saturated heterocycles. The quantitative estimate of drug-likeness (QED) is 0.196. The van der Waals surface area contributed by atoms with E-state index in [1.54, 1.807) is 0 Å². The topological polar surface area (TPSA) is 0 Å². The van der Waals surface area contributed by atoms with Crippen LogP contribution in [-0.2, 0) is 16.2 Å². The zero-order valence-electron chi connectivity index (χ0n) is 22.6. The fourth-order valence-corrected chi connectivity index (χ4v) is 5.95. The Balaban J connectivity index is 2.22. The van der Waals surface area contributed by atoms with E-state index < -0.39 is 0 Å². The van der Waals surface area contributed by atoms with Crippen LogP contribution in [0.15, 0.2) is 57.5 Å². The Bertz CT molecular complexity index is 1220. The smallest absolute Gasteiger partial charge is 0.0613 e. The molecule has 0 atom stereocenters. The van der Waals surface area contributed by atoms with Crippen LogP contribution in [-0.4, -0.2) is 6.71 Å². The zero-order valence-corrected chi connectivity index (χ0v) is 25.8. The molecule has 0 N–H and O–H groups in total. The summed E-state index contributed by atoms with van der Waals surface area (Å²) >= 11 is 7.58. The Morgan fingerprint density at radius 2 is 0.943 bits per heavy atom. The average Bonchev–Trinajstić information content (AvgIpc) is 2.86. The molecule has 0 nitrogen and oxygen atoms in total. The van der Waals surface area contributed by atoms with Gasteiger partial charge < -0.3 is 0 Å². The Kier molecular flexibility index (Phi) is 6.86. The minimum absolute atomic E-state index is 0.00528. The van der Waals surface area contributed by atoms with Gasteiger partial charge in [0.25, 0.3) is 0 Å². The Labute approximate surface area is 230 Å². The summed E-state index contributed by atoms with van der Waals surface area (Å²) in [5, 5.41) is 0. The van der Waals surface area contributed by atoms with Crippen LogP contribution >= 0.6 is 31.9 Å². The number of rotatable bonds is 1. The first-order chi connectivity index (χ1) is 16.1. The summed E-state index contributed by atoms with van der Waals surface area (Å²) in [5.41, 5.74) is 11.1. The van der Waals surface area contributed by atoms with Gasteiger partial charge in [-0.05, 0) is 56.2 Å². The van der Waals surface area contributed by atoms with Crippen LogP contribution in [0.1, 0.15) is 90.1 Å². The third-order valence-electron chi connectivity index (χ3n) is 7.11. The third-order valence-corrected chi connectivity index (χ3v) is 8.10. The maximum absolute atomic E-state index is 3.79. The lowest BCUT2D eigenvalue weighted by Crippen LogP contribution is -2.58. The largest absolute Gasteiger partial charge is 0.243 e. The highest BCUT2D eigenvalue weighted by Gasteiger charge is 2.37. The molecule has 0 aliphatic carbocycles. The summed E-state index contributed by atoms with van der Waals surface area (Å²) < 4.78 is 2.24. The Morgan fingerprint density at radius 3 is 1.29 bits per heavy atom. The van der Waals surface area contributed by atoms with Gasteiger partial charge in [0, 0.05) is 8.95 Å². The van der Waals surface area contributed by atoms with Crippen molar-refractivity contribution in [2.24, 2.45) is 0 Å². The minimum Gasteiger partial charge on any atom is -0.0613 e. The number of hydrogen-bond donors (Lipinski definition) is 0. The highest BCUT2D eigenvalue weighted by Crippen LogP contribution is 2.34.